The van der Waals surface area contributed by atoms with Gasteiger partial charge in [0, 0.05) is 13.6 Å². The monoisotopic (exact) mass is 434 g/mol. The summed E-state index contributed by atoms with van der Waals surface area (Å²) in [5.74, 6) is 2.17. The second-order valence-corrected chi connectivity index (χ2v) is 6.85. The van der Waals surface area contributed by atoms with E-state index in [1.54, 1.807) is 6.20 Å². The standard InChI is InChI=1S/C14H16BrIN2O/c1-9(2)6-17-8-14-18-7-13(19-14)11-5-10(15)3-4-12(11)16/h3-5,7,9,17H,6,8H2,1-2H3. The van der Waals surface area contributed by atoms with Gasteiger partial charge in [-0.3, -0.25) is 0 Å². The minimum atomic E-state index is 0.625. The van der Waals surface area contributed by atoms with Crippen LogP contribution in [0.25, 0.3) is 11.3 Å². The Bertz CT molecular complexity index is 554. The molecule has 0 atom stereocenters. The average molecular weight is 435 g/mol. The average Bonchev–Trinajstić information content (AvgIpc) is 2.80. The van der Waals surface area contributed by atoms with Crippen molar-refractivity contribution in [3.05, 3.63) is 38.3 Å². The smallest absolute Gasteiger partial charge is 0.208 e. The quantitative estimate of drug-likeness (QED) is 0.706. The summed E-state index contributed by atoms with van der Waals surface area (Å²) in [6.45, 7) is 5.99. The Kier molecular flexibility index (Phi) is 5.41. The maximum atomic E-state index is 5.79. The van der Waals surface area contributed by atoms with Gasteiger partial charge in [-0.2, -0.15) is 0 Å². The van der Waals surface area contributed by atoms with Gasteiger partial charge >= 0.3 is 0 Å². The molecule has 0 spiro atoms. The highest BCUT2D eigenvalue weighted by Crippen LogP contribution is 2.28. The Morgan fingerprint density at radius 2 is 2.21 bits per heavy atom. The number of hydrogen-bond acceptors (Lipinski definition) is 3. The summed E-state index contributed by atoms with van der Waals surface area (Å²) in [5.41, 5.74) is 1.07. The van der Waals surface area contributed by atoms with Crippen molar-refractivity contribution in [1.29, 1.82) is 0 Å². The molecule has 1 aromatic carbocycles. The number of rotatable bonds is 5. The van der Waals surface area contributed by atoms with Gasteiger partial charge < -0.3 is 9.73 Å². The van der Waals surface area contributed by atoms with Gasteiger partial charge in [0.15, 0.2) is 5.76 Å². The fourth-order valence-electron chi connectivity index (χ4n) is 1.67. The number of hydrogen-bond donors (Lipinski definition) is 1. The molecule has 1 heterocycles. The topological polar surface area (TPSA) is 38.1 Å². The van der Waals surface area contributed by atoms with E-state index in [0.29, 0.717) is 12.5 Å². The van der Waals surface area contributed by atoms with Gasteiger partial charge in [0.05, 0.1) is 12.7 Å². The molecule has 0 radical (unpaired) electrons. The Balaban J connectivity index is 2.10. The highest BCUT2D eigenvalue weighted by Gasteiger charge is 2.10. The van der Waals surface area contributed by atoms with E-state index in [9.17, 15) is 0 Å². The third-order valence-corrected chi connectivity index (χ3v) is 4.01. The second kappa shape index (κ2) is 6.85. The molecule has 0 amide bonds. The van der Waals surface area contributed by atoms with E-state index < -0.39 is 0 Å². The predicted molar refractivity (Wildman–Crippen MR) is 88.9 cm³/mol. The molecular formula is C14H16BrIN2O. The first-order valence-corrected chi connectivity index (χ1v) is 8.04. The van der Waals surface area contributed by atoms with Crippen LogP contribution in [0, 0.1) is 9.49 Å². The first-order valence-electron chi connectivity index (χ1n) is 6.17. The lowest BCUT2D eigenvalue weighted by atomic mass is 10.2. The number of halogens is 2. The van der Waals surface area contributed by atoms with E-state index in [1.165, 1.54) is 0 Å². The molecule has 0 aliphatic rings. The molecule has 0 unspecified atom stereocenters. The fraction of sp³-hybridized carbons (Fsp3) is 0.357. The van der Waals surface area contributed by atoms with E-state index in [2.05, 4.69) is 68.7 Å². The minimum Gasteiger partial charge on any atom is -0.439 e. The summed E-state index contributed by atoms with van der Waals surface area (Å²) < 4.78 is 7.98. The van der Waals surface area contributed by atoms with Crippen molar-refractivity contribution in [2.45, 2.75) is 20.4 Å². The van der Waals surface area contributed by atoms with Crippen molar-refractivity contribution < 1.29 is 4.42 Å². The number of benzene rings is 1. The molecule has 3 nitrogen and oxygen atoms in total. The number of nitrogens with one attached hydrogen (secondary N) is 1. The van der Waals surface area contributed by atoms with E-state index in [4.69, 9.17) is 4.42 Å². The van der Waals surface area contributed by atoms with Crippen LogP contribution in [0.3, 0.4) is 0 Å². The van der Waals surface area contributed by atoms with Crippen LogP contribution in [0.2, 0.25) is 0 Å². The maximum Gasteiger partial charge on any atom is 0.208 e. The molecule has 102 valence electrons. The Hall–Kier alpha value is -0.400. The van der Waals surface area contributed by atoms with Crippen LogP contribution < -0.4 is 5.32 Å². The summed E-state index contributed by atoms with van der Waals surface area (Å²) in [6.07, 6.45) is 1.79. The van der Waals surface area contributed by atoms with E-state index in [-0.39, 0.29) is 0 Å². The third-order valence-electron chi connectivity index (χ3n) is 2.58. The molecule has 0 bridgehead atoms. The first kappa shape index (κ1) is 15.0. The summed E-state index contributed by atoms with van der Waals surface area (Å²) in [5, 5.41) is 3.32. The zero-order chi connectivity index (χ0) is 13.8. The molecule has 1 N–H and O–H groups in total. The van der Waals surface area contributed by atoms with Crippen LogP contribution in [-0.4, -0.2) is 11.5 Å². The SMILES string of the molecule is CC(C)CNCc1ncc(-c2cc(Br)ccc2I)o1. The van der Waals surface area contributed by atoms with Crippen LogP contribution in [0.1, 0.15) is 19.7 Å². The van der Waals surface area contributed by atoms with Crippen molar-refractivity contribution in [2.24, 2.45) is 5.92 Å². The Morgan fingerprint density at radius 3 is 2.95 bits per heavy atom. The summed E-state index contributed by atoms with van der Waals surface area (Å²) >= 11 is 5.78. The van der Waals surface area contributed by atoms with Crippen molar-refractivity contribution in [3.8, 4) is 11.3 Å². The van der Waals surface area contributed by atoms with E-state index in [1.807, 2.05) is 12.1 Å². The van der Waals surface area contributed by atoms with Crippen molar-refractivity contribution in [2.75, 3.05) is 6.54 Å². The van der Waals surface area contributed by atoms with Gasteiger partial charge in [-0.15, -0.1) is 0 Å². The lowest BCUT2D eigenvalue weighted by Crippen LogP contribution is -2.18. The normalized spacial score (nSPS) is 11.2. The van der Waals surface area contributed by atoms with Crippen LogP contribution in [0.5, 0.6) is 0 Å². The highest BCUT2D eigenvalue weighted by atomic mass is 127. The summed E-state index contributed by atoms with van der Waals surface area (Å²) in [4.78, 5) is 4.31. The second-order valence-electron chi connectivity index (χ2n) is 4.77. The third kappa shape index (κ3) is 4.29. The van der Waals surface area contributed by atoms with Gasteiger partial charge in [0.25, 0.3) is 0 Å². The molecule has 0 saturated heterocycles. The Morgan fingerprint density at radius 1 is 1.42 bits per heavy atom. The van der Waals surface area contributed by atoms with Crippen LogP contribution in [0.4, 0.5) is 0 Å². The lowest BCUT2D eigenvalue weighted by Gasteiger charge is -2.04. The molecule has 2 rings (SSSR count). The molecule has 2 aromatic rings. The minimum absolute atomic E-state index is 0.625. The molecule has 5 heteroatoms. The van der Waals surface area contributed by atoms with Gasteiger partial charge in [-0.1, -0.05) is 29.8 Å². The largest absolute Gasteiger partial charge is 0.439 e. The van der Waals surface area contributed by atoms with Gasteiger partial charge in [-0.25, -0.2) is 4.98 Å². The first-order chi connectivity index (χ1) is 9.06. The van der Waals surface area contributed by atoms with Gasteiger partial charge in [-0.05, 0) is 53.3 Å². The highest BCUT2D eigenvalue weighted by molar-refractivity contribution is 14.1. The van der Waals surface area contributed by atoms with Crippen molar-refractivity contribution in [3.63, 3.8) is 0 Å². The molecule has 0 aliphatic carbocycles. The molecule has 0 aliphatic heterocycles. The van der Waals surface area contributed by atoms with Crippen LogP contribution >= 0.6 is 38.5 Å². The maximum absolute atomic E-state index is 5.79. The zero-order valence-corrected chi connectivity index (χ0v) is 14.7. The van der Waals surface area contributed by atoms with Gasteiger partial charge in [0.2, 0.25) is 5.89 Å². The lowest BCUT2D eigenvalue weighted by molar-refractivity contribution is 0.459. The Labute approximate surface area is 135 Å². The summed E-state index contributed by atoms with van der Waals surface area (Å²) in [6, 6.07) is 6.12. The van der Waals surface area contributed by atoms with Crippen LogP contribution in [0.15, 0.2) is 33.3 Å². The van der Waals surface area contributed by atoms with E-state index in [0.717, 1.165) is 31.8 Å². The van der Waals surface area contributed by atoms with Gasteiger partial charge in [0.1, 0.15) is 0 Å². The van der Waals surface area contributed by atoms with Crippen molar-refractivity contribution in [1.82, 2.24) is 10.3 Å². The molecule has 1 aromatic heterocycles. The molecule has 0 fully saturated rings. The zero-order valence-electron chi connectivity index (χ0n) is 10.9. The number of aromatic nitrogens is 1. The van der Waals surface area contributed by atoms with Crippen LogP contribution in [-0.2, 0) is 6.54 Å². The molecule has 19 heavy (non-hydrogen) atoms. The molecule has 0 saturated carbocycles. The predicted octanol–water partition coefficient (Wildman–Crippen LogP) is 4.45. The summed E-state index contributed by atoms with van der Waals surface area (Å²) in [7, 11) is 0. The fourth-order valence-corrected chi connectivity index (χ4v) is 2.63. The number of nitrogens with zero attached hydrogens (tertiary/aromatic N) is 1. The van der Waals surface area contributed by atoms with Crippen molar-refractivity contribution >= 4 is 38.5 Å². The number of oxazole rings is 1. The van der Waals surface area contributed by atoms with E-state index >= 15 is 0 Å². The molecular weight excluding hydrogens is 419 g/mol.